The van der Waals surface area contributed by atoms with E-state index < -0.39 is 5.82 Å². The van der Waals surface area contributed by atoms with Crippen LogP contribution >= 0.6 is 0 Å². The lowest BCUT2D eigenvalue weighted by Crippen LogP contribution is -2.41. The molecule has 2 rings (SSSR count). The number of hydrogen-bond acceptors (Lipinski definition) is 4. The summed E-state index contributed by atoms with van der Waals surface area (Å²) in [6.07, 6.45) is 3.69. The summed E-state index contributed by atoms with van der Waals surface area (Å²) in [5.74, 6) is -0.377. The van der Waals surface area contributed by atoms with Crippen LogP contribution in [-0.2, 0) is 4.74 Å². The summed E-state index contributed by atoms with van der Waals surface area (Å²) in [7, 11) is 0. The zero-order valence-corrected chi connectivity index (χ0v) is 12.5. The lowest BCUT2D eigenvalue weighted by atomic mass is 10.0. The van der Waals surface area contributed by atoms with Gasteiger partial charge in [0.2, 0.25) is 0 Å². The van der Waals surface area contributed by atoms with Gasteiger partial charge >= 0.3 is 0 Å². The Bertz CT molecular complexity index is 496. The number of aromatic nitrogens is 1. The fraction of sp³-hybridized carbons (Fsp3) is 0.600. The Morgan fingerprint density at radius 3 is 3.10 bits per heavy atom. The van der Waals surface area contributed by atoms with Crippen molar-refractivity contribution in [3.8, 4) is 0 Å². The minimum atomic E-state index is -0.512. The first kappa shape index (κ1) is 15.7. The maximum Gasteiger partial charge on any atom is 0.255 e. The Kier molecular flexibility index (Phi) is 5.50. The predicted molar refractivity (Wildman–Crippen MR) is 78.9 cm³/mol. The number of pyridine rings is 1. The summed E-state index contributed by atoms with van der Waals surface area (Å²) in [6, 6.07) is 1.28. The van der Waals surface area contributed by atoms with E-state index in [4.69, 9.17) is 4.74 Å². The van der Waals surface area contributed by atoms with Gasteiger partial charge in [0.25, 0.3) is 5.91 Å². The number of amides is 1. The first-order valence-electron chi connectivity index (χ1n) is 7.42. The molecule has 6 heteroatoms. The number of anilines is 1. The van der Waals surface area contributed by atoms with Crippen molar-refractivity contribution >= 4 is 11.7 Å². The second-order valence-electron chi connectivity index (χ2n) is 5.35. The molecule has 2 heterocycles. The van der Waals surface area contributed by atoms with Gasteiger partial charge in [0.05, 0.1) is 17.9 Å². The largest absolute Gasteiger partial charge is 0.378 e. The number of rotatable bonds is 5. The van der Waals surface area contributed by atoms with Gasteiger partial charge in [-0.05, 0) is 32.3 Å². The van der Waals surface area contributed by atoms with Crippen molar-refractivity contribution in [2.75, 3.05) is 18.5 Å². The molecule has 0 spiro atoms. The molecule has 2 N–H and O–H groups in total. The molecular weight excluding hydrogens is 273 g/mol. The molecule has 1 fully saturated rings. The lowest BCUT2D eigenvalue weighted by molar-refractivity contribution is 0.0136. The highest BCUT2D eigenvalue weighted by Crippen LogP contribution is 2.17. The predicted octanol–water partition coefficient (Wildman–Crippen LogP) is 2.34. The number of carbonyl (C=O) groups is 1. The van der Waals surface area contributed by atoms with Crippen molar-refractivity contribution in [1.82, 2.24) is 10.3 Å². The highest BCUT2D eigenvalue weighted by Gasteiger charge is 2.23. The van der Waals surface area contributed by atoms with Crippen LogP contribution in [0, 0.1) is 5.82 Å². The Morgan fingerprint density at radius 2 is 2.38 bits per heavy atom. The van der Waals surface area contributed by atoms with Gasteiger partial charge < -0.3 is 15.4 Å². The molecule has 2 unspecified atom stereocenters. The van der Waals surface area contributed by atoms with Crippen LogP contribution < -0.4 is 10.6 Å². The molecule has 1 aromatic heterocycles. The topological polar surface area (TPSA) is 63.2 Å². The molecule has 0 aromatic carbocycles. The first-order chi connectivity index (χ1) is 10.1. The second-order valence-corrected chi connectivity index (χ2v) is 5.35. The van der Waals surface area contributed by atoms with Crippen molar-refractivity contribution in [1.29, 1.82) is 0 Å². The summed E-state index contributed by atoms with van der Waals surface area (Å²) < 4.78 is 18.8. The van der Waals surface area contributed by atoms with Crippen LogP contribution in [0.4, 0.5) is 10.2 Å². The Balaban J connectivity index is 2.08. The zero-order valence-electron chi connectivity index (χ0n) is 12.5. The van der Waals surface area contributed by atoms with Crippen LogP contribution in [0.1, 0.15) is 43.5 Å². The van der Waals surface area contributed by atoms with E-state index in [-0.39, 0.29) is 23.6 Å². The third-order valence-electron chi connectivity index (χ3n) is 3.46. The van der Waals surface area contributed by atoms with Crippen molar-refractivity contribution in [2.24, 2.45) is 0 Å². The monoisotopic (exact) mass is 295 g/mol. The highest BCUT2D eigenvalue weighted by atomic mass is 19.1. The number of hydrogen-bond donors (Lipinski definition) is 2. The highest BCUT2D eigenvalue weighted by molar-refractivity contribution is 5.98. The van der Waals surface area contributed by atoms with Crippen LogP contribution in [0.3, 0.4) is 0 Å². The zero-order chi connectivity index (χ0) is 15.2. The second kappa shape index (κ2) is 7.36. The van der Waals surface area contributed by atoms with E-state index in [0.29, 0.717) is 19.0 Å². The van der Waals surface area contributed by atoms with E-state index in [2.05, 4.69) is 15.6 Å². The molecule has 1 amide bonds. The van der Waals surface area contributed by atoms with Gasteiger partial charge in [0, 0.05) is 19.2 Å². The summed E-state index contributed by atoms with van der Waals surface area (Å²) in [4.78, 5) is 16.3. The maximum atomic E-state index is 13.4. The number of halogens is 1. The van der Waals surface area contributed by atoms with E-state index in [1.54, 1.807) is 0 Å². The number of ether oxygens (including phenoxy) is 1. The van der Waals surface area contributed by atoms with Crippen LogP contribution in [-0.4, -0.2) is 36.2 Å². The van der Waals surface area contributed by atoms with E-state index >= 15 is 0 Å². The third kappa shape index (κ3) is 4.39. The molecule has 0 saturated carbocycles. The Labute approximate surface area is 124 Å². The van der Waals surface area contributed by atoms with Gasteiger partial charge in [-0.1, -0.05) is 6.92 Å². The molecule has 116 valence electrons. The van der Waals surface area contributed by atoms with Crippen molar-refractivity contribution < 1.29 is 13.9 Å². The quantitative estimate of drug-likeness (QED) is 0.875. The smallest absolute Gasteiger partial charge is 0.255 e. The molecular formula is C15H22FN3O2. The standard InChI is InChI=1S/C15H22FN3O2/c1-3-5-17-14-13(8-11(16)9-18-14)15(20)19-12-4-6-21-10(2)7-12/h8-10,12H,3-7H2,1-2H3,(H,17,18)(H,19,20). The van der Waals surface area contributed by atoms with E-state index in [0.717, 1.165) is 25.5 Å². The molecule has 0 radical (unpaired) electrons. The van der Waals surface area contributed by atoms with Gasteiger partial charge in [0.15, 0.2) is 0 Å². The maximum absolute atomic E-state index is 13.4. The molecule has 2 atom stereocenters. The molecule has 0 aliphatic carbocycles. The van der Waals surface area contributed by atoms with E-state index in [1.165, 1.54) is 6.07 Å². The molecule has 1 aliphatic heterocycles. The van der Waals surface area contributed by atoms with Gasteiger partial charge in [0.1, 0.15) is 11.6 Å². The lowest BCUT2D eigenvalue weighted by Gasteiger charge is -2.28. The first-order valence-corrected chi connectivity index (χ1v) is 7.42. The SMILES string of the molecule is CCCNc1ncc(F)cc1C(=O)NC1CCOC(C)C1. The average molecular weight is 295 g/mol. The summed E-state index contributed by atoms with van der Waals surface area (Å²) in [5, 5.41) is 6.00. The molecule has 21 heavy (non-hydrogen) atoms. The molecule has 1 aliphatic rings. The minimum absolute atomic E-state index is 0.0588. The van der Waals surface area contributed by atoms with Gasteiger partial charge in [-0.15, -0.1) is 0 Å². The molecule has 0 bridgehead atoms. The van der Waals surface area contributed by atoms with Crippen LogP contribution in [0.15, 0.2) is 12.3 Å². The Hall–Kier alpha value is -1.69. The van der Waals surface area contributed by atoms with Crippen molar-refractivity contribution in [3.05, 3.63) is 23.6 Å². The number of carbonyl (C=O) groups excluding carboxylic acids is 1. The fourth-order valence-electron chi connectivity index (χ4n) is 2.39. The summed E-state index contributed by atoms with van der Waals surface area (Å²) in [5.41, 5.74) is 0.252. The fourth-order valence-corrected chi connectivity index (χ4v) is 2.39. The van der Waals surface area contributed by atoms with E-state index in [1.807, 2.05) is 13.8 Å². The van der Waals surface area contributed by atoms with Crippen LogP contribution in [0.25, 0.3) is 0 Å². The van der Waals surface area contributed by atoms with Gasteiger partial charge in [-0.2, -0.15) is 0 Å². The normalized spacial score (nSPS) is 21.9. The number of nitrogens with zero attached hydrogens (tertiary/aromatic N) is 1. The van der Waals surface area contributed by atoms with E-state index in [9.17, 15) is 9.18 Å². The van der Waals surface area contributed by atoms with Crippen molar-refractivity contribution in [2.45, 2.75) is 45.3 Å². The summed E-state index contributed by atoms with van der Waals surface area (Å²) >= 11 is 0. The summed E-state index contributed by atoms with van der Waals surface area (Å²) in [6.45, 7) is 5.32. The molecule has 5 nitrogen and oxygen atoms in total. The van der Waals surface area contributed by atoms with Crippen LogP contribution in [0.5, 0.6) is 0 Å². The minimum Gasteiger partial charge on any atom is -0.378 e. The molecule has 1 aromatic rings. The van der Waals surface area contributed by atoms with Crippen LogP contribution in [0.2, 0.25) is 0 Å². The molecule has 1 saturated heterocycles. The average Bonchev–Trinajstić information content (AvgIpc) is 2.46. The number of nitrogens with one attached hydrogen (secondary N) is 2. The third-order valence-corrected chi connectivity index (χ3v) is 3.46. The van der Waals surface area contributed by atoms with Gasteiger partial charge in [-0.3, -0.25) is 4.79 Å². The van der Waals surface area contributed by atoms with Gasteiger partial charge in [-0.25, -0.2) is 9.37 Å². The van der Waals surface area contributed by atoms with Crippen molar-refractivity contribution in [3.63, 3.8) is 0 Å². The Morgan fingerprint density at radius 1 is 1.57 bits per heavy atom.